The molecule has 0 aromatic heterocycles. The van der Waals surface area contributed by atoms with E-state index in [0.29, 0.717) is 12.2 Å². The molecule has 1 fully saturated rings. The summed E-state index contributed by atoms with van der Waals surface area (Å²) in [7, 11) is 3.93. The molecule has 1 aliphatic rings. The van der Waals surface area contributed by atoms with Crippen LogP contribution in [0, 0.1) is 10.1 Å². The minimum atomic E-state index is -0.695. The Kier molecular flexibility index (Phi) is 8.12. The molecule has 34 heavy (non-hydrogen) atoms. The molecule has 0 unspecified atom stereocenters. The fourth-order valence-electron chi connectivity index (χ4n) is 3.31. The Balaban J connectivity index is 1.60. The van der Waals surface area contributed by atoms with Crippen molar-refractivity contribution in [3.05, 3.63) is 51.6 Å². The Morgan fingerprint density at radius 1 is 1.06 bits per heavy atom. The van der Waals surface area contributed by atoms with Gasteiger partial charge in [-0.2, -0.15) is 0 Å². The van der Waals surface area contributed by atoms with Crippen LogP contribution in [0.5, 0.6) is 23.0 Å². The Hall–Kier alpha value is -4.02. The smallest absolute Gasteiger partial charge is 0.327 e. The molecule has 0 atom stereocenters. The van der Waals surface area contributed by atoms with Gasteiger partial charge in [0.15, 0.2) is 12.4 Å². The number of methoxy groups -OCH3 is 3. The number of carbonyl (C=O) groups excluding carboxylic acids is 2. The second-order valence-electron chi connectivity index (χ2n) is 7.58. The average molecular weight is 473 g/mol. The zero-order valence-electron chi connectivity index (χ0n) is 19.2. The molecule has 0 saturated heterocycles. The maximum absolute atomic E-state index is 12.8. The number of hydrogen-bond donors (Lipinski definition) is 2. The van der Waals surface area contributed by atoms with Crippen molar-refractivity contribution in [1.29, 1.82) is 0 Å². The zero-order chi connectivity index (χ0) is 24.7. The first-order valence-corrected chi connectivity index (χ1v) is 10.6. The van der Waals surface area contributed by atoms with Gasteiger partial charge < -0.3 is 29.6 Å². The highest BCUT2D eigenvalue weighted by Gasteiger charge is 2.32. The van der Waals surface area contributed by atoms with Crippen LogP contribution in [0.15, 0.2) is 30.3 Å². The van der Waals surface area contributed by atoms with Crippen LogP contribution >= 0.6 is 0 Å². The predicted molar refractivity (Wildman–Crippen MR) is 122 cm³/mol. The molecule has 2 amide bonds. The number of hydrogen-bond acceptors (Lipinski definition) is 8. The molecule has 11 heteroatoms. The molecule has 0 aliphatic heterocycles. The molecule has 3 rings (SSSR count). The van der Waals surface area contributed by atoms with Gasteiger partial charge in [0.05, 0.1) is 26.3 Å². The first kappa shape index (κ1) is 24.6. The van der Waals surface area contributed by atoms with E-state index in [4.69, 9.17) is 18.9 Å². The van der Waals surface area contributed by atoms with Gasteiger partial charge in [-0.05, 0) is 37.0 Å². The third-order valence-electron chi connectivity index (χ3n) is 5.17. The minimum absolute atomic E-state index is 0.0283. The number of carbonyl (C=O) groups is 2. The van der Waals surface area contributed by atoms with Crippen LogP contribution in [-0.2, 0) is 11.2 Å². The monoisotopic (exact) mass is 473 g/mol. The lowest BCUT2D eigenvalue weighted by molar-refractivity contribution is -0.386. The standard InChI is InChI=1S/C23H27N3O8/c1-31-18-12-17(20(26(29)30)22(33-3)21(18)32-2)23(28)24-11-10-14-4-8-16(9-5-14)34-13-19(27)25-15-6-7-15/h4-5,8-9,12,15H,6-7,10-11,13H2,1-3H3,(H,24,28)(H,25,27). The van der Waals surface area contributed by atoms with Gasteiger partial charge in [-0.3, -0.25) is 19.7 Å². The maximum atomic E-state index is 12.8. The summed E-state index contributed by atoms with van der Waals surface area (Å²) >= 11 is 0. The quantitative estimate of drug-likeness (QED) is 0.354. The normalized spacial score (nSPS) is 12.4. The molecule has 0 heterocycles. The van der Waals surface area contributed by atoms with E-state index >= 15 is 0 Å². The van der Waals surface area contributed by atoms with E-state index in [2.05, 4.69) is 10.6 Å². The molecule has 182 valence electrons. The number of amides is 2. The first-order valence-electron chi connectivity index (χ1n) is 10.6. The van der Waals surface area contributed by atoms with E-state index in [9.17, 15) is 19.7 Å². The molecular weight excluding hydrogens is 446 g/mol. The van der Waals surface area contributed by atoms with Crippen molar-refractivity contribution in [3.8, 4) is 23.0 Å². The first-order chi connectivity index (χ1) is 16.4. The molecule has 2 aromatic carbocycles. The van der Waals surface area contributed by atoms with E-state index < -0.39 is 16.5 Å². The fraction of sp³-hybridized carbons (Fsp3) is 0.391. The van der Waals surface area contributed by atoms with E-state index in [1.807, 2.05) is 12.1 Å². The lowest BCUT2D eigenvalue weighted by Crippen LogP contribution is -2.30. The predicted octanol–water partition coefficient (Wildman–Crippen LogP) is 2.25. The fourth-order valence-corrected chi connectivity index (χ4v) is 3.31. The van der Waals surface area contributed by atoms with Gasteiger partial charge in [0.1, 0.15) is 11.3 Å². The average Bonchev–Trinajstić information content (AvgIpc) is 3.65. The summed E-state index contributed by atoms with van der Waals surface area (Å²) in [5.74, 6) is -0.259. The third-order valence-corrected chi connectivity index (χ3v) is 5.17. The van der Waals surface area contributed by atoms with Gasteiger partial charge >= 0.3 is 5.69 Å². The maximum Gasteiger partial charge on any atom is 0.327 e. The van der Waals surface area contributed by atoms with E-state index in [1.165, 1.54) is 27.4 Å². The minimum Gasteiger partial charge on any atom is -0.493 e. The van der Waals surface area contributed by atoms with Crippen LogP contribution in [0.4, 0.5) is 5.69 Å². The summed E-state index contributed by atoms with van der Waals surface area (Å²) in [6.07, 6.45) is 2.51. The van der Waals surface area contributed by atoms with E-state index in [-0.39, 0.29) is 47.9 Å². The van der Waals surface area contributed by atoms with Crippen LogP contribution in [0.1, 0.15) is 28.8 Å². The zero-order valence-corrected chi connectivity index (χ0v) is 19.2. The number of rotatable bonds is 12. The highest BCUT2D eigenvalue weighted by molar-refractivity contribution is 6.00. The molecule has 11 nitrogen and oxygen atoms in total. The largest absolute Gasteiger partial charge is 0.493 e. The van der Waals surface area contributed by atoms with Crippen LogP contribution in [0.2, 0.25) is 0 Å². The second kappa shape index (κ2) is 11.2. The van der Waals surface area contributed by atoms with E-state index in [1.54, 1.807) is 12.1 Å². The summed E-state index contributed by atoms with van der Waals surface area (Å²) in [4.78, 5) is 35.4. The number of nitrogens with zero attached hydrogens (tertiary/aromatic N) is 1. The Morgan fingerprint density at radius 2 is 1.74 bits per heavy atom. The highest BCUT2D eigenvalue weighted by atomic mass is 16.6. The van der Waals surface area contributed by atoms with Crippen molar-refractivity contribution in [2.45, 2.75) is 25.3 Å². The van der Waals surface area contributed by atoms with Gasteiger partial charge in [-0.15, -0.1) is 0 Å². The van der Waals surface area contributed by atoms with Crippen molar-refractivity contribution in [2.75, 3.05) is 34.5 Å². The Bertz CT molecular complexity index is 1050. The molecular formula is C23H27N3O8. The van der Waals surface area contributed by atoms with Crippen molar-refractivity contribution >= 4 is 17.5 Å². The molecule has 0 spiro atoms. The third kappa shape index (κ3) is 6.06. The number of nitrogens with one attached hydrogen (secondary N) is 2. The number of benzene rings is 2. The van der Waals surface area contributed by atoms with Gasteiger partial charge in [-0.1, -0.05) is 12.1 Å². The summed E-state index contributed by atoms with van der Waals surface area (Å²) in [6, 6.07) is 8.66. The van der Waals surface area contributed by atoms with Gasteiger partial charge in [0.25, 0.3) is 11.8 Å². The Labute approximate surface area is 196 Å². The van der Waals surface area contributed by atoms with Crippen molar-refractivity contribution in [2.24, 2.45) is 0 Å². The topological polar surface area (TPSA) is 138 Å². The van der Waals surface area contributed by atoms with E-state index in [0.717, 1.165) is 18.4 Å². The number of ether oxygens (including phenoxy) is 4. The Morgan fingerprint density at radius 3 is 2.29 bits per heavy atom. The van der Waals surface area contributed by atoms with Crippen LogP contribution in [0.3, 0.4) is 0 Å². The molecule has 0 radical (unpaired) electrons. The van der Waals surface area contributed by atoms with Crippen molar-refractivity contribution in [1.82, 2.24) is 10.6 Å². The molecule has 0 bridgehead atoms. The molecule has 1 aliphatic carbocycles. The molecule has 2 aromatic rings. The molecule has 2 N–H and O–H groups in total. The lowest BCUT2D eigenvalue weighted by Gasteiger charge is -2.15. The molecule has 1 saturated carbocycles. The van der Waals surface area contributed by atoms with Crippen molar-refractivity contribution in [3.63, 3.8) is 0 Å². The van der Waals surface area contributed by atoms with Gasteiger partial charge in [0, 0.05) is 18.7 Å². The van der Waals surface area contributed by atoms with Crippen molar-refractivity contribution < 1.29 is 33.5 Å². The summed E-state index contributed by atoms with van der Waals surface area (Å²) in [5.41, 5.74) is 0.201. The van der Waals surface area contributed by atoms with Crippen LogP contribution in [-0.4, -0.2) is 57.3 Å². The summed E-state index contributed by atoms with van der Waals surface area (Å²) in [6.45, 7) is 0.191. The van der Waals surface area contributed by atoms with Crippen LogP contribution < -0.4 is 29.6 Å². The number of nitro benzene ring substituents is 1. The van der Waals surface area contributed by atoms with Gasteiger partial charge in [-0.25, -0.2) is 0 Å². The van der Waals surface area contributed by atoms with Gasteiger partial charge in [0.2, 0.25) is 11.5 Å². The number of nitro groups is 1. The SMILES string of the molecule is COc1cc(C(=O)NCCc2ccc(OCC(=O)NC3CC3)cc2)c([N+](=O)[O-])c(OC)c1OC. The summed E-state index contributed by atoms with van der Waals surface area (Å²) in [5, 5.41) is 17.2. The lowest BCUT2D eigenvalue weighted by atomic mass is 10.1. The van der Waals surface area contributed by atoms with Crippen LogP contribution in [0.25, 0.3) is 0 Å². The second-order valence-corrected chi connectivity index (χ2v) is 7.58. The highest BCUT2D eigenvalue weighted by Crippen LogP contribution is 2.46. The summed E-state index contributed by atoms with van der Waals surface area (Å²) < 4.78 is 21.0.